The van der Waals surface area contributed by atoms with Crippen molar-refractivity contribution < 1.29 is 4.79 Å². The van der Waals surface area contributed by atoms with Crippen LogP contribution in [0.15, 0.2) is 90.6 Å². The van der Waals surface area contributed by atoms with Crippen LogP contribution in [-0.2, 0) is 11.3 Å². The molecule has 4 aromatic rings. The molecule has 5 heteroatoms. The molecule has 0 aliphatic rings. The number of nitrogens with zero attached hydrogens (tertiary/aromatic N) is 2. The van der Waals surface area contributed by atoms with Gasteiger partial charge in [0.25, 0.3) is 5.91 Å². The highest BCUT2D eigenvalue weighted by Gasteiger charge is 2.15. The van der Waals surface area contributed by atoms with E-state index >= 15 is 0 Å². The van der Waals surface area contributed by atoms with E-state index in [2.05, 4.69) is 16.0 Å². The quantitative estimate of drug-likeness (QED) is 0.290. The molecule has 1 atom stereocenters. The van der Waals surface area contributed by atoms with Gasteiger partial charge in [0, 0.05) is 34.2 Å². The molecule has 0 fully saturated rings. The maximum Gasteiger partial charge on any atom is 0.262 e. The van der Waals surface area contributed by atoms with E-state index in [1.807, 2.05) is 92.0 Å². The summed E-state index contributed by atoms with van der Waals surface area (Å²) >= 11 is 6.01. The van der Waals surface area contributed by atoms with Gasteiger partial charge < -0.3 is 9.88 Å². The number of carbonyl (C=O) groups excluding carboxylic acids is 1. The van der Waals surface area contributed by atoms with Crippen LogP contribution in [0.3, 0.4) is 0 Å². The number of para-hydroxylation sites is 1. The Morgan fingerprint density at radius 1 is 1.06 bits per heavy atom. The van der Waals surface area contributed by atoms with Crippen molar-refractivity contribution in [2.24, 2.45) is 0 Å². The highest BCUT2D eigenvalue weighted by atomic mass is 35.5. The fourth-order valence-electron chi connectivity index (χ4n) is 3.71. The number of aromatic nitrogens is 1. The smallest absolute Gasteiger partial charge is 0.262 e. The minimum atomic E-state index is -0.390. The van der Waals surface area contributed by atoms with E-state index in [9.17, 15) is 10.1 Å². The van der Waals surface area contributed by atoms with Gasteiger partial charge in [0.1, 0.15) is 11.6 Å². The van der Waals surface area contributed by atoms with E-state index in [1.165, 1.54) is 0 Å². The zero-order chi connectivity index (χ0) is 22.5. The summed E-state index contributed by atoms with van der Waals surface area (Å²) in [6.07, 6.45) is 3.64. The molecule has 0 saturated carbocycles. The molecule has 4 nitrogen and oxygen atoms in total. The van der Waals surface area contributed by atoms with E-state index in [-0.39, 0.29) is 11.6 Å². The first-order valence-corrected chi connectivity index (χ1v) is 10.7. The summed E-state index contributed by atoms with van der Waals surface area (Å²) in [5, 5.41) is 14.3. The second kappa shape index (κ2) is 9.55. The molecule has 1 amide bonds. The van der Waals surface area contributed by atoms with E-state index in [0.29, 0.717) is 11.6 Å². The van der Waals surface area contributed by atoms with E-state index < -0.39 is 5.91 Å². The molecular weight excluding hydrogens is 418 g/mol. The normalized spacial score (nSPS) is 12.3. The van der Waals surface area contributed by atoms with Crippen molar-refractivity contribution in [2.75, 3.05) is 0 Å². The van der Waals surface area contributed by atoms with Gasteiger partial charge in [-0.3, -0.25) is 4.79 Å². The van der Waals surface area contributed by atoms with Crippen molar-refractivity contribution in [3.05, 3.63) is 112 Å². The van der Waals surface area contributed by atoms with Crippen molar-refractivity contribution in [1.29, 1.82) is 5.26 Å². The third kappa shape index (κ3) is 4.74. The molecule has 3 aromatic carbocycles. The van der Waals surface area contributed by atoms with Crippen LogP contribution in [0.25, 0.3) is 17.0 Å². The molecule has 0 bridgehead atoms. The maximum absolute atomic E-state index is 12.8. The Hall–Kier alpha value is -3.81. The Kier molecular flexibility index (Phi) is 6.39. The van der Waals surface area contributed by atoms with Gasteiger partial charge in [-0.1, -0.05) is 72.3 Å². The van der Waals surface area contributed by atoms with Gasteiger partial charge in [-0.25, -0.2) is 0 Å². The molecule has 158 valence electrons. The summed E-state index contributed by atoms with van der Waals surface area (Å²) in [4.78, 5) is 12.8. The lowest BCUT2D eigenvalue weighted by Crippen LogP contribution is -2.27. The Bertz CT molecular complexity index is 1310. The van der Waals surface area contributed by atoms with Crippen LogP contribution in [0.4, 0.5) is 0 Å². The van der Waals surface area contributed by atoms with Gasteiger partial charge in [0.05, 0.1) is 6.04 Å². The Morgan fingerprint density at radius 2 is 1.75 bits per heavy atom. The minimum absolute atomic E-state index is 0.0715. The molecule has 0 unspecified atom stereocenters. The van der Waals surface area contributed by atoms with Gasteiger partial charge in [0.2, 0.25) is 0 Å². The highest BCUT2D eigenvalue weighted by molar-refractivity contribution is 6.30. The summed E-state index contributed by atoms with van der Waals surface area (Å²) in [6, 6.07) is 27.2. The number of hydrogen-bond donors (Lipinski definition) is 1. The fraction of sp³-hybridized carbons (Fsp3) is 0.111. The first kappa shape index (κ1) is 21.4. The van der Waals surface area contributed by atoms with Crippen LogP contribution in [0.1, 0.15) is 29.7 Å². The van der Waals surface area contributed by atoms with E-state index in [4.69, 9.17) is 11.6 Å². The minimum Gasteiger partial charge on any atom is -0.345 e. The average Bonchev–Trinajstić information content (AvgIpc) is 3.16. The second-order valence-electron chi connectivity index (χ2n) is 7.63. The summed E-state index contributed by atoms with van der Waals surface area (Å²) in [6.45, 7) is 2.56. The van der Waals surface area contributed by atoms with E-state index in [0.717, 1.165) is 27.6 Å². The molecular formula is C27H22ClN3O. The first-order chi connectivity index (χ1) is 15.5. The van der Waals surface area contributed by atoms with Crippen molar-refractivity contribution in [3.63, 3.8) is 0 Å². The van der Waals surface area contributed by atoms with Gasteiger partial charge in [-0.05, 0) is 42.3 Å². The summed E-state index contributed by atoms with van der Waals surface area (Å²) in [5.74, 6) is -0.390. The molecule has 32 heavy (non-hydrogen) atoms. The Labute approximate surface area is 192 Å². The average molecular weight is 440 g/mol. The zero-order valence-electron chi connectivity index (χ0n) is 17.6. The monoisotopic (exact) mass is 439 g/mol. The summed E-state index contributed by atoms with van der Waals surface area (Å²) in [5.41, 5.74) is 4.03. The van der Waals surface area contributed by atoms with Crippen molar-refractivity contribution in [3.8, 4) is 6.07 Å². The van der Waals surface area contributed by atoms with Crippen LogP contribution in [0, 0.1) is 11.3 Å². The third-order valence-corrected chi connectivity index (χ3v) is 5.65. The molecule has 0 aliphatic carbocycles. The van der Waals surface area contributed by atoms with Crippen LogP contribution in [0.2, 0.25) is 5.02 Å². The zero-order valence-corrected chi connectivity index (χ0v) is 18.4. The maximum atomic E-state index is 12.8. The number of fused-ring (bicyclic) bond motifs is 1. The molecule has 0 aliphatic heterocycles. The molecule has 1 aromatic heterocycles. The van der Waals surface area contributed by atoms with Crippen molar-refractivity contribution in [1.82, 2.24) is 9.88 Å². The van der Waals surface area contributed by atoms with Crippen molar-refractivity contribution >= 4 is 34.5 Å². The third-order valence-electron chi connectivity index (χ3n) is 5.40. The molecule has 0 spiro atoms. The van der Waals surface area contributed by atoms with Crippen LogP contribution in [0.5, 0.6) is 0 Å². The second-order valence-corrected chi connectivity index (χ2v) is 8.07. The van der Waals surface area contributed by atoms with Gasteiger partial charge in [0.15, 0.2) is 0 Å². The lowest BCUT2D eigenvalue weighted by molar-refractivity contribution is -0.117. The molecule has 4 rings (SSSR count). The van der Waals surface area contributed by atoms with Gasteiger partial charge in [-0.2, -0.15) is 5.26 Å². The lowest BCUT2D eigenvalue weighted by atomic mass is 10.1. The topological polar surface area (TPSA) is 57.8 Å². The van der Waals surface area contributed by atoms with E-state index in [1.54, 1.807) is 6.08 Å². The van der Waals surface area contributed by atoms with Gasteiger partial charge in [-0.15, -0.1) is 0 Å². The largest absolute Gasteiger partial charge is 0.345 e. The number of hydrogen-bond acceptors (Lipinski definition) is 2. The Balaban J connectivity index is 1.63. The molecule has 0 saturated heterocycles. The SMILES string of the molecule is C[C@@H](NC(=O)/C(C#N)=C\c1cn(Cc2ccc(Cl)cc2)c2ccccc12)c1ccccc1. The summed E-state index contributed by atoms with van der Waals surface area (Å²) in [7, 11) is 0. The number of nitrogens with one attached hydrogen (secondary N) is 1. The first-order valence-electron chi connectivity index (χ1n) is 10.3. The predicted molar refractivity (Wildman–Crippen MR) is 129 cm³/mol. The van der Waals surface area contributed by atoms with Crippen LogP contribution in [-0.4, -0.2) is 10.5 Å². The number of amides is 1. The number of nitriles is 1. The van der Waals surface area contributed by atoms with Gasteiger partial charge >= 0.3 is 0 Å². The highest BCUT2D eigenvalue weighted by Crippen LogP contribution is 2.25. The number of carbonyl (C=O) groups is 1. The molecule has 1 N–H and O–H groups in total. The summed E-state index contributed by atoms with van der Waals surface area (Å²) < 4.78 is 2.11. The van der Waals surface area contributed by atoms with Crippen molar-refractivity contribution in [2.45, 2.75) is 19.5 Å². The number of halogens is 1. The standard InChI is InChI=1S/C27H22ClN3O/c1-19(21-7-3-2-4-8-21)30-27(32)22(16-29)15-23-18-31(26-10-6-5-9-25(23)26)17-20-11-13-24(28)14-12-20/h2-15,18-19H,17H2,1H3,(H,30,32)/b22-15-/t19-/m1/s1. The Morgan fingerprint density at radius 3 is 2.47 bits per heavy atom. The predicted octanol–water partition coefficient (Wildman–Crippen LogP) is 6.13. The van der Waals surface area contributed by atoms with Crippen LogP contribution >= 0.6 is 11.6 Å². The molecule has 0 radical (unpaired) electrons. The number of benzene rings is 3. The number of rotatable bonds is 6. The lowest BCUT2D eigenvalue weighted by Gasteiger charge is -2.13. The molecule has 1 heterocycles. The fourth-order valence-corrected chi connectivity index (χ4v) is 3.84. The van der Waals surface area contributed by atoms with Crippen LogP contribution < -0.4 is 5.32 Å².